The zero-order chi connectivity index (χ0) is 9.10. The summed E-state index contributed by atoms with van der Waals surface area (Å²) in [5.41, 5.74) is 1.92. The zero-order valence-electron chi connectivity index (χ0n) is 7.72. The molecule has 0 saturated heterocycles. The summed E-state index contributed by atoms with van der Waals surface area (Å²) >= 11 is 0. The van der Waals surface area contributed by atoms with Gasteiger partial charge < -0.3 is 5.11 Å². The SMILES string of the molecule is Oc1ccccc1-c1ccccc1.[Al+3]. The van der Waals surface area contributed by atoms with Gasteiger partial charge in [0.2, 0.25) is 0 Å². The molecule has 0 aliphatic rings. The van der Waals surface area contributed by atoms with Gasteiger partial charge in [-0.2, -0.15) is 0 Å². The number of hydrogen-bond donors (Lipinski definition) is 1. The number of aromatic hydroxyl groups is 1. The molecular formula is C12H10AlO+3. The van der Waals surface area contributed by atoms with E-state index in [0.717, 1.165) is 11.1 Å². The molecule has 2 rings (SSSR count). The molecule has 64 valence electrons. The van der Waals surface area contributed by atoms with Gasteiger partial charge in [-0.1, -0.05) is 48.5 Å². The molecule has 14 heavy (non-hydrogen) atoms. The Bertz CT molecular complexity index is 398. The quantitative estimate of drug-likeness (QED) is 0.697. The van der Waals surface area contributed by atoms with Crippen molar-refractivity contribution in [1.82, 2.24) is 0 Å². The average Bonchev–Trinajstić information content (AvgIpc) is 2.20. The molecule has 0 aromatic heterocycles. The Morgan fingerprint density at radius 1 is 0.714 bits per heavy atom. The van der Waals surface area contributed by atoms with Crippen LogP contribution in [0.4, 0.5) is 0 Å². The van der Waals surface area contributed by atoms with E-state index >= 15 is 0 Å². The van der Waals surface area contributed by atoms with Gasteiger partial charge in [-0.3, -0.25) is 0 Å². The second-order valence-corrected chi connectivity index (χ2v) is 2.88. The van der Waals surface area contributed by atoms with Crippen LogP contribution in [0.25, 0.3) is 11.1 Å². The minimum absolute atomic E-state index is 0. The summed E-state index contributed by atoms with van der Waals surface area (Å²) < 4.78 is 0. The molecule has 0 amide bonds. The van der Waals surface area contributed by atoms with Gasteiger partial charge in [0.15, 0.2) is 0 Å². The Labute approximate surface area is 94.2 Å². The minimum Gasteiger partial charge on any atom is -0.507 e. The fraction of sp³-hybridized carbons (Fsp3) is 0. The van der Waals surface area contributed by atoms with Crippen LogP contribution >= 0.6 is 0 Å². The maximum Gasteiger partial charge on any atom is 3.00 e. The molecule has 2 heteroatoms. The zero-order valence-corrected chi connectivity index (χ0v) is 8.88. The fourth-order valence-electron chi connectivity index (χ4n) is 1.34. The molecule has 1 N–H and O–H groups in total. The van der Waals surface area contributed by atoms with Crippen molar-refractivity contribution in [3.05, 3.63) is 54.6 Å². The predicted molar refractivity (Wildman–Crippen MR) is 59.3 cm³/mol. The van der Waals surface area contributed by atoms with Crippen LogP contribution in [0, 0.1) is 0 Å². The molecular weight excluding hydrogens is 187 g/mol. The van der Waals surface area contributed by atoms with Crippen molar-refractivity contribution < 1.29 is 5.11 Å². The molecule has 0 spiro atoms. The summed E-state index contributed by atoms with van der Waals surface area (Å²) in [6.45, 7) is 0. The first-order valence-electron chi connectivity index (χ1n) is 4.21. The Kier molecular flexibility index (Phi) is 3.76. The van der Waals surface area contributed by atoms with Crippen molar-refractivity contribution in [2.45, 2.75) is 0 Å². The van der Waals surface area contributed by atoms with E-state index in [1.807, 2.05) is 48.5 Å². The van der Waals surface area contributed by atoms with Crippen LogP contribution in [0.2, 0.25) is 0 Å². The van der Waals surface area contributed by atoms with Crippen LogP contribution in [-0.2, 0) is 0 Å². The van der Waals surface area contributed by atoms with Gasteiger partial charge in [0.1, 0.15) is 5.75 Å². The van der Waals surface area contributed by atoms with Gasteiger partial charge in [-0.25, -0.2) is 0 Å². The first kappa shape index (κ1) is 10.9. The number of rotatable bonds is 1. The van der Waals surface area contributed by atoms with Crippen molar-refractivity contribution in [3.63, 3.8) is 0 Å². The number of para-hydroxylation sites is 1. The van der Waals surface area contributed by atoms with Crippen molar-refractivity contribution in [2.75, 3.05) is 0 Å². The van der Waals surface area contributed by atoms with Crippen molar-refractivity contribution in [3.8, 4) is 16.9 Å². The van der Waals surface area contributed by atoms with Crippen molar-refractivity contribution in [1.29, 1.82) is 0 Å². The molecule has 2 aromatic rings. The second kappa shape index (κ2) is 4.86. The number of hydrogen-bond acceptors (Lipinski definition) is 1. The molecule has 0 aliphatic carbocycles. The summed E-state index contributed by atoms with van der Waals surface area (Å²) in [6, 6.07) is 17.2. The maximum atomic E-state index is 9.56. The molecule has 0 fully saturated rings. The monoisotopic (exact) mass is 197 g/mol. The molecule has 0 atom stereocenters. The van der Waals surface area contributed by atoms with Gasteiger partial charge in [-0.15, -0.1) is 0 Å². The summed E-state index contributed by atoms with van der Waals surface area (Å²) in [5.74, 6) is 0.328. The van der Waals surface area contributed by atoms with Crippen LogP contribution in [0.1, 0.15) is 0 Å². The summed E-state index contributed by atoms with van der Waals surface area (Å²) in [6.07, 6.45) is 0. The van der Waals surface area contributed by atoms with Crippen LogP contribution in [0.15, 0.2) is 54.6 Å². The Balaban J connectivity index is 0.000000980. The van der Waals surface area contributed by atoms with Crippen molar-refractivity contribution >= 4 is 17.4 Å². The fourth-order valence-corrected chi connectivity index (χ4v) is 1.34. The molecule has 0 heterocycles. The summed E-state index contributed by atoms with van der Waals surface area (Å²) in [4.78, 5) is 0. The largest absolute Gasteiger partial charge is 3.00 e. The van der Waals surface area contributed by atoms with E-state index in [9.17, 15) is 5.11 Å². The Morgan fingerprint density at radius 2 is 1.29 bits per heavy atom. The minimum atomic E-state index is 0. The van der Waals surface area contributed by atoms with E-state index in [2.05, 4.69) is 0 Å². The molecule has 0 saturated carbocycles. The van der Waals surface area contributed by atoms with Crippen LogP contribution < -0.4 is 0 Å². The van der Waals surface area contributed by atoms with Crippen LogP contribution in [0.3, 0.4) is 0 Å². The van der Waals surface area contributed by atoms with Crippen LogP contribution in [0.5, 0.6) is 5.75 Å². The summed E-state index contributed by atoms with van der Waals surface area (Å²) in [5, 5.41) is 9.56. The van der Waals surface area contributed by atoms with E-state index in [0.29, 0.717) is 5.75 Å². The van der Waals surface area contributed by atoms with E-state index in [1.54, 1.807) is 6.07 Å². The number of phenols is 1. The average molecular weight is 197 g/mol. The van der Waals surface area contributed by atoms with Crippen LogP contribution in [-0.4, -0.2) is 22.5 Å². The van der Waals surface area contributed by atoms with E-state index in [1.165, 1.54) is 0 Å². The Hall–Kier alpha value is -1.23. The van der Waals surface area contributed by atoms with Gasteiger partial charge in [0, 0.05) is 5.56 Å². The van der Waals surface area contributed by atoms with Crippen molar-refractivity contribution in [2.24, 2.45) is 0 Å². The van der Waals surface area contributed by atoms with Gasteiger partial charge >= 0.3 is 17.4 Å². The maximum absolute atomic E-state index is 9.56. The summed E-state index contributed by atoms with van der Waals surface area (Å²) in [7, 11) is 0. The molecule has 0 radical (unpaired) electrons. The normalized spacial score (nSPS) is 9.14. The smallest absolute Gasteiger partial charge is 0.507 e. The number of phenolic OH excluding ortho intramolecular Hbond substituents is 1. The third-order valence-corrected chi connectivity index (χ3v) is 1.99. The van der Waals surface area contributed by atoms with E-state index in [4.69, 9.17) is 0 Å². The molecule has 2 aromatic carbocycles. The molecule has 0 unspecified atom stereocenters. The topological polar surface area (TPSA) is 20.2 Å². The van der Waals surface area contributed by atoms with Gasteiger partial charge in [0.05, 0.1) is 0 Å². The third kappa shape index (κ3) is 2.17. The first-order chi connectivity index (χ1) is 6.38. The number of benzene rings is 2. The Morgan fingerprint density at radius 3 is 1.93 bits per heavy atom. The van der Waals surface area contributed by atoms with E-state index < -0.39 is 0 Å². The molecule has 0 bridgehead atoms. The molecule has 0 aliphatic heterocycles. The van der Waals surface area contributed by atoms with E-state index in [-0.39, 0.29) is 17.4 Å². The third-order valence-electron chi connectivity index (χ3n) is 1.99. The second-order valence-electron chi connectivity index (χ2n) is 2.88. The van der Waals surface area contributed by atoms with Gasteiger partial charge in [-0.05, 0) is 11.6 Å². The standard InChI is InChI=1S/C12H10O.Al/c13-12-9-5-4-8-11(12)10-6-2-1-3-7-10;/h1-9,13H;/q;+3. The van der Waals surface area contributed by atoms with Gasteiger partial charge in [0.25, 0.3) is 0 Å². The molecule has 1 nitrogen and oxygen atoms in total. The predicted octanol–water partition coefficient (Wildman–Crippen LogP) is 2.68. The first-order valence-corrected chi connectivity index (χ1v) is 4.21.